The van der Waals surface area contributed by atoms with Crippen molar-refractivity contribution in [2.75, 3.05) is 7.11 Å². The number of rotatable bonds is 9. The highest BCUT2D eigenvalue weighted by atomic mass is 32.2. The summed E-state index contributed by atoms with van der Waals surface area (Å²) in [5, 5.41) is 12.2. The molecule has 42 heavy (non-hydrogen) atoms. The predicted octanol–water partition coefficient (Wildman–Crippen LogP) is 4.35. The molecule has 4 aliphatic rings. The molecule has 6 atom stereocenters. The molecule has 0 radical (unpaired) electrons. The second kappa shape index (κ2) is 10.4. The summed E-state index contributed by atoms with van der Waals surface area (Å²) in [6, 6.07) is 7.54. The number of imidazole rings is 1. The summed E-state index contributed by atoms with van der Waals surface area (Å²) in [6.07, 6.45) is 8.35. The monoisotopic (exact) mass is 604 g/mol. The molecule has 3 aliphatic carbocycles. The Hall–Kier alpha value is -3.90. The number of ether oxygens (including phenoxy) is 1. The lowest BCUT2D eigenvalue weighted by Gasteiger charge is -2.25. The standard InChI is InChI=1S/C30H28N4O6S2/c1-39-23-6-3-14(8-19(23)27(35)33-20(29(37)38)10-16-12-31-13-32-16)22-7-4-17(40-22)11-24-28(36)34(30(41)42-24)21-9-15-2-5-18-25(15)26(18)21/h3-4,6-8,11-13,15,18,20-21,25-26H,2,5,9-10H2,1H3,(H,31,32)(H,33,35)(H,37,38). The molecule has 12 heteroatoms. The number of aromatic nitrogens is 2. The molecular weight excluding hydrogens is 576 g/mol. The molecule has 10 nitrogen and oxygen atoms in total. The smallest absolute Gasteiger partial charge is 0.326 e. The van der Waals surface area contributed by atoms with Gasteiger partial charge in [0.05, 0.1) is 23.9 Å². The van der Waals surface area contributed by atoms with Crippen LogP contribution in [0.3, 0.4) is 0 Å². The minimum Gasteiger partial charge on any atom is -0.496 e. The Morgan fingerprint density at radius 2 is 2.17 bits per heavy atom. The largest absolute Gasteiger partial charge is 0.496 e. The van der Waals surface area contributed by atoms with Crippen molar-refractivity contribution < 1.29 is 28.6 Å². The molecule has 3 saturated carbocycles. The van der Waals surface area contributed by atoms with Crippen molar-refractivity contribution in [1.82, 2.24) is 20.2 Å². The molecule has 0 spiro atoms. The second-order valence-corrected chi connectivity index (χ2v) is 12.9. The van der Waals surface area contributed by atoms with Crippen LogP contribution < -0.4 is 10.1 Å². The van der Waals surface area contributed by atoms with Crippen LogP contribution in [0.4, 0.5) is 0 Å². The Balaban J connectivity index is 1.09. The van der Waals surface area contributed by atoms with Crippen LogP contribution in [0.15, 0.2) is 52.2 Å². The van der Waals surface area contributed by atoms with E-state index in [1.165, 1.54) is 44.2 Å². The summed E-state index contributed by atoms with van der Waals surface area (Å²) < 4.78 is 12.1. The zero-order valence-corrected chi connectivity index (χ0v) is 24.2. The third kappa shape index (κ3) is 4.62. The Labute approximate surface area is 250 Å². The van der Waals surface area contributed by atoms with E-state index in [1.807, 2.05) is 4.90 Å². The van der Waals surface area contributed by atoms with Gasteiger partial charge in [0.25, 0.3) is 11.8 Å². The number of nitrogens with zero attached hydrogens (tertiary/aromatic N) is 2. The van der Waals surface area contributed by atoms with Gasteiger partial charge in [-0.15, -0.1) is 0 Å². The third-order valence-electron chi connectivity index (χ3n) is 9.06. The zero-order chi connectivity index (χ0) is 29.1. The minimum atomic E-state index is -1.18. The summed E-state index contributed by atoms with van der Waals surface area (Å²) >= 11 is 6.96. The van der Waals surface area contributed by atoms with Crippen LogP contribution in [0.25, 0.3) is 17.4 Å². The van der Waals surface area contributed by atoms with E-state index in [-0.39, 0.29) is 29.7 Å². The van der Waals surface area contributed by atoms with Crippen LogP contribution in [0.1, 0.15) is 41.1 Å². The van der Waals surface area contributed by atoms with E-state index in [9.17, 15) is 19.5 Å². The van der Waals surface area contributed by atoms with Gasteiger partial charge in [0.15, 0.2) is 0 Å². The molecule has 3 heterocycles. The number of amides is 2. The molecule has 1 aromatic carbocycles. The number of aliphatic carboxylic acids is 1. The number of H-pyrrole nitrogens is 1. The van der Waals surface area contributed by atoms with Gasteiger partial charge in [-0.1, -0.05) is 24.0 Å². The summed E-state index contributed by atoms with van der Waals surface area (Å²) in [5.74, 6) is 2.36. The summed E-state index contributed by atoms with van der Waals surface area (Å²) in [7, 11) is 1.44. The number of aromatic amines is 1. The fourth-order valence-electron chi connectivity index (χ4n) is 7.21. The lowest BCUT2D eigenvalue weighted by molar-refractivity contribution is -0.139. The lowest BCUT2D eigenvalue weighted by atomic mass is 10.0. The van der Waals surface area contributed by atoms with Crippen LogP contribution in [0, 0.1) is 23.7 Å². The maximum atomic E-state index is 13.4. The van der Waals surface area contributed by atoms with E-state index in [0.717, 1.165) is 24.2 Å². The molecule has 4 fully saturated rings. The quantitative estimate of drug-likeness (QED) is 0.240. The number of nitrogens with one attached hydrogen (secondary N) is 2. The highest BCUT2D eigenvalue weighted by Gasteiger charge is 2.67. The summed E-state index contributed by atoms with van der Waals surface area (Å²) in [6.45, 7) is 0. The van der Waals surface area contributed by atoms with E-state index in [4.69, 9.17) is 21.4 Å². The van der Waals surface area contributed by atoms with Gasteiger partial charge >= 0.3 is 5.97 Å². The van der Waals surface area contributed by atoms with Crippen LogP contribution in [0.5, 0.6) is 5.75 Å². The van der Waals surface area contributed by atoms with Crippen LogP contribution in [-0.2, 0) is 16.0 Å². The van der Waals surface area contributed by atoms with Gasteiger partial charge in [-0.3, -0.25) is 14.5 Å². The van der Waals surface area contributed by atoms with Gasteiger partial charge in [-0.05, 0) is 73.3 Å². The number of furan rings is 1. The molecule has 2 amide bonds. The number of carboxylic acids is 1. The van der Waals surface area contributed by atoms with E-state index < -0.39 is 17.9 Å². The number of carbonyl (C=O) groups is 3. The number of thiocarbonyl (C=S) groups is 1. The molecule has 0 bridgehead atoms. The number of thioether (sulfide) groups is 1. The first kappa shape index (κ1) is 27.0. The highest BCUT2D eigenvalue weighted by molar-refractivity contribution is 8.26. The fourth-order valence-corrected chi connectivity index (χ4v) is 8.56. The summed E-state index contributed by atoms with van der Waals surface area (Å²) in [5.41, 5.74) is 1.33. The predicted molar refractivity (Wildman–Crippen MR) is 158 cm³/mol. The SMILES string of the molecule is COc1ccc(-c2ccc(C=C3SC(=S)N(C4CC5CCC6C5C64)C3=O)o2)cc1C(=O)NC(Cc1cnc[nH]1)C(=O)O. The van der Waals surface area contributed by atoms with Gasteiger partial charge in [-0.25, -0.2) is 9.78 Å². The number of benzene rings is 1. The number of carbonyl (C=O) groups excluding carboxylic acids is 2. The maximum absolute atomic E-state index is 13.4. The van der Waals surface area contributed by atoms with E-state index in [1.54, 1.807) is 36.4 Å². The van der Waals surface area contributed by atoms with Gasteiger partial charge in [-0.2, -0.15) is 0 Å². The van der Waals surface area contributed by atoms with Crippen molar-refractivity contribution in [2.45, 2.75) is 37.8 Å². The summed E-state index contributed by atoms with van der Waals surface area (Å²) in [4.78, 5) is 47.6. The van der Waals surface area contributed by atoms with E-state index >= 15 is 0 Å². The van der Waals surface area contributed by atoms with E-state index in [0.29, 0.717) is 37.9 Å². The average molecular weight is 605 g/mol. The van der Waals surface area contributed by atoms with Crippen LogP contribution in [0.2, 0.25) is 0 Å². The normalized spacial score (nSPS) is 27.4. The maximum Gasteiger partial charge on any atom is 0.326 e. The van der Waals surface area contributed by atoms with Crippen molar-refractivity contribution in [3.8, 4) is 17.1 Å². The lowest BCUT2D eigenvalue weighted by Crippen LogP contribution is -2.42. The molecular formula is C30H28N4O6S2. The van der Waals surface area contributed by atoms with Crippen molar-refractivity contribution in [3.05, 3.63) is 64.8 Å². The Morgan fingerprint density at radius 1 is 1.31 bits per heavy atom. The average Bonchev–Trinajstić information content (AvgIpc) is 3.56. The van der Waals surface area contributed by atoms with Gasteiger partial charge < -0.3 is 24.6 Å². The van der Waals surface area contributed by atoms with Crippen molar-refractivity contribution in [2.24, 2.45) is 23.7 Å². The first-order valence-corrected chi connectivity index (χ1v) is 15.1. The highest BCUT2D eigenvalue weighted by Crippen LogP contribution is 2.69. The molecule has 3 aromatic rings. The van der Waals surface area contributed by atoms with Crippen LogP contribution >= 0.6 is 24.0 Å². The molecule has 216 valence electrons. The van der Waals surface area contributed by atoms with Gasteiger partial charge in [0.2, 0.25) is 0 Å². The Morgan fingerprint density at radius 3 is 2.88 bits per heavy atom. The first-order valence-electron chi connectivity index (χ1n) is 13.9. The van der Waals surface area contributed by atoms with E-state index in [2.05, 4.69) is 15.3 Å². The number of methoxy groups -OCH3 is 1. The molecule has 1 saturated heterocycles. The van der Waals surface area contributed by atoms with Crippen molar-refractivity contribution >= 4 is 52.2 Å². The Bertz CT molecular complexity index is 1630. The van der Waals surface area contributed by atoms with Crippen molar-refractivity contribution in [1.29, 1.82) is 0 Å². The Kier molecular flexibility index (Phi) is 6.69. The molecule has 3 N–H and O–H groups in total. The number of fused-ring (bicyclic) bond motifs is 1. The molecule has 6 unspecified atom stereocenters. The molecule has 7 rings (SSSR count). The third-order valence-corrected chi connectivity index (χ3v) is 10.4. The number of hydrogen-bond acceptors (Lipinski definition) is 8. The number of carboxylic acid groups (broad SMARTS) is 1. The zero-order valence-electron chi connectivity index (χ0n) is 22.6. The second-order valence-electron chi connectivity index (χ2n) is 11.3. The van der Waals surface area contributed by atoms with Crippen molar-refractivity contribution in [3.63, 3.8) is 0 Å². The molecule has 2 aromatic heterocycles. The fraction of sp³-hybridized carbons (Fsp3) is 0.367. The van der Waals surface area contributed by atoms with Gasteiger partial charge in [0.1, 0.15) is 27.6 Å². The topological polar surface area (TPSA) is 138 Å². The first-order chi connectivity index (χ1) is 20.3. The van der Waals surface area contributed by atoms with Crippen LogP contribution in [-0.4, -0.2) is 61.3 Å². The number of hydrogen-bond donors (Lipinski definition) is 3. The van der Waals surface area contributed by atoms with Gasteiger partial charge in [0, 0.05) is 36.0 Å². The molecule has 1 aliphatic heterocycles. The minimum absolute atomic E-state index is 0.0417.